The zero-order valence-electron chi connectivity index (χ0n) is 16.2. The second-order valence-corrected chi connectivity index (χ2v) is 8.89. The zero-order valence-corrected chi connectivity index (χ0v) is 17.1. The summed E-state index contributed by atoms with van der Waals surface area (Å²) < 4.78 is 27.6. The van der Waals surface area contributed by atoms with Gasteiger partial charge in [0.15, 0.2) is 0 Å². The lowest BCUT2D eigenvalue weighted by atomic mass is 10.1. The van der Waals surface area contributed by atoms with Gasteiger partial charge in [-0.2, -0.15) is 0 Å². The van der Waals surface area contributed by atoms with E-state index >= 15 is 0 Å². The van der Waals surface area contributed by atoms with Crippen molar-refractivity contribution in [3.05, 3.63) is 47.8 Å². The number of piperazine rings is 1. The molecule has 0 saturated carbocycles. The minimum Gasteiger partial charge on any atom is -0.338 e. The lowest BCUT2D eigenvalue weighted by Gasteiger charge is -2.34. The van der Waals surface area contributed by atoms with Gasteiger partial charge in [0.1, 0.15) is 0 Å². The van der Waals surface area contributed by atoms with Crippen LogP contribution in [0.2, 0.25) is 0 Å². The van der Waals surface area contributed by atoms with Gasteiger partial charge >= 0.3 is 0 Å². The molecule has 1 saturated heterocycles. The fourth-order valence-electron chi connectivity index (χ4n) is 3.53. The SMILES string of the molecule is O=C1NC(=O)c2cc(S(=O)(=O)NCCCN3CCN(c4ncccn4)CC3)ccc21. The molecular weight excluding hydrogens is 408 g/mol. The number of fused-ring (bicyclic) bond motifs is 1. The zero-order chi connectivity index (χ0) is 21.1. The van der Waals surface area contributed by atoms with Gasteiger partial charge in [-0.1, -0.05) is 0 Å². The first-order valence-electron chi connectivity index (χ1n) is 9.68. The Balaban J connectivity index is 1.24. The van der Waals surface area contributed by atoms with Crippen molar-refractivity contribution in [1.29, 1.82) is 0 Å². The highest BCUT2D eigenvalue weighted by molar-refractivity contribution is 7.89. The average molecular weight is 430 g/mol. The summed E-state index contributed by atoms with van der Waals surface area (Å²) in [4.78, 5) is 36.2. The summed E-state index contributed by atoms with van der Waals surface area (Å²) in [5.74, 6) is -0.354. The van der Waals surface area contributed by atoms with Gasteiger partial charge in [0, 0.05) is 45.1 Å². The van der Waals surface area contributed by atoms with Crippen molar-refractivity contribution in [2.75, 3.05) is 44.2 Å². The molecule has 2 aliphatic heterocycles. The lowest BCUT2D eigenvalue weighted by Crippen LogP contribution is -2.47. The summed E-state index contributed by atoms with van der Waals surface area (Å²) >= 11 is 0. The predicted molar refractivity (Wildman–Crippen MR) is 109 cm³/mol. The number of sulfonamides is 1. The monoisotopic (exact) mass is 430 g/mol. The molecule has 30 heavy (non-hydrogen) atoms. The first-order valence-corrected chi connectivity index (χ1v) is 11.2. The summed E-state index contributed by atoms with van der Waals surface area (Å²) in [6, 6.07) is 5.73. The molecule has 2 aliphatic rings. The molecule has 0 atom stereocenters. The van der Waals surface area contributed by atoms with Crippen LogP contribution in [0.15, 0.2) is 41.6 Å². The van der Waals surface area contributed by atoms with Gasteiger partial charge in [0.25, 0.3) is 11.8 Å². The number of carbonyl (C=O) groups excluding carboxylic acids is 2. The summed E-state index contributed by atoms with van der Waals surface area (Å²) in [6.07, 6.45) is 4.11. The third-order valence-corrected chi connectivity index (χ3v) is 6.63. The Kier molecular flexibility index (Phi) is 5.75. The standard InChI is InChI=1S/C19H22N6O4S/c26-17-15-4-3-14(13-16(15)18(27)23-17)30(28,29)22-7-2-8-24-9-11-25(12-10-24)19-20-5-1-6-21-19/h1,3-6,13,22H,2,7-12H2,(H,23,26,27). The molecule has 0 unspecified atom stereocenters. The number of nitrogens with one attached hydrogen (secondary N) is 2. The van der Waals surface area contributed by atoms with E-state index in [1.165, 1.54) is 18.2 Å². The van der Waals surface area contributed by atoms with Crippen LogP contribution < -0.4 is 14.9 Å². The molecule has 11 heteroatoms. The van der Waals surface area contributed by atoms with E-state index in [0.29, 0.717) is 6.42 Å². The van der Waals surface area contributed by atoms with Crippen molar-refractivity contribution in [2.45, 2.75) is 11.3 Å². The molecule has 1 aromatic heterocycles. The summed E-state index contributed by atoms with van der Waals surface area (Å²) in [5.41, 5.74) is 0.280. The Morgan fingerprint density at radius 1 is 1.00 bits per heavy atom. The summed E-state index contributed by atoms with van der Waals surface area (Å²) in [7, 11) is -3.76. The van der Waals surface area contributed by atoms with E-state index in [9.17, 15) is 18.0 Å². The molecule has 0 radical (unpaired) electrons. The third kappa shape index (κ3) is 4.32. The van der Waals surface area contributed by atoms with Crippen molar-refractivity contribution in [1.82, 2.24) is 24.9 Å². The number of amides is 2. The number of hydrogen-bond acceptors (Lipinski definition) is 8. The number of imide groups is 1. The highest BCUT2D eigenvalue weighted by Gasteiger charge is 2.28. The molecule has 2 aromatic rings. The molecule has 1 fully saturated rings. The van der Waals surface area contributed by atoms with Crippen LogP contribution in [-0.2, 0) is 10.0 Å². The van der Waals surface area contributed by atoms with E-state index in [4.69, 9.17) is 0 Å². The number of aromatic nitrogens is 2. The average Bonchev–Trinajstić information content (AvgIpc) is 3.05. The van der Waals surface area contributed by atoms with Crippen molar-refractivity contribution in [2.24, 2.45) is 0 Å². The predicted octanol–water partition coefficient (Wildman–Crippen LogP) is -0.149. The van der Waals surface area contributed by atoms with Gasteiger partial charge in [0.2, 0.25) is 16.0 Å². The summed E-state index contributed by atoms with van der Waals surface area (Å²) in [6.45, 7) is 4.43. The number of nitrogens with zero attached hydrogens (tertiary/aromatic N) is 4. The minimum absolute atomic E-state index is 0.0254. The molecule has 158 valence electrons. The van der Waals surface area contributed by atoms with Crippen molar-refractivity contribution in [3.63, 3.8) is 0 Å². The second-order valence-electron chi connectivity index (χ2n) is 7.12. The molecule has 2 N–H and O–H groups in total. The Hall–Kier alpha value is -2.89. The van der Waals surface area contributed by atoms with Gasteiger partial charge in [-0.05, 0) is 37.2 Å². The molecule has 2 amide bonds. The van der Waals surface area contributed by atoms with Crippen LogP contribution in [0.4, 0.5) is 5.95 Å². The topological polar surface area (TPSA) is 125 Å². The number of carbonyl (C=O) groups is 2. The Labute approximate surface area is 174 Å². The Bertz CT molecular complexity index is 1050. The molecular formula is C19H22N6O4S. The smallest absolute Gasteiger partial charge is 0.258 e. The van der Waals surface area contributed by atoms with Crippen LogP contribution >= 0.6 is 0 Å². The van der Waals surface area contributed by atoms with Crippen molar-refractivity contribution < 1.29 is 18.0 Å². The number of rotatable bonds is 7. The molecule has 1 aromatic carbocycles. The van der Waals surface area contributed by atoms with Crippen LogP contribution in [0.5, 0.6) is 0 Å². The lowest BCUT2D eigenvalue weighted by molar-refractivity contribution is 0.0879. The van der Waals surface area contributed by atoms with Crippen LogP contribution in [0.1, 0.15) is 27.1 Å². The fourth-order valence-corrected chi connectivity index (χ4v) is 4.63. The van der Waals surface area contributed by atoms with Crippen molar-refractivity contribution in [3.8, 4) is 0 Å². The van der Waals surface area contributed by atoms with Gasteiger partial charge < -0.3 is 4.90 Å². The van der Waals surface area contributed by atoms with Crippen LogP contribution in [0.25, 0.3) is 0 Å². The van der Waals surface area contributed by atoms with E-state index in [0.717, 1.165) is 38.7 Å². The van der Waals surface area contributed by atoms with E-state index in [1.54, 1.807) is 18.5 Å². The van der Waals surface area contributed by atoms with Gasteiger partial charge in [-0.25, -0.2) is 23.1 Å². The minimum atomic E-state index is -3.76. The number of hydrogen-bond donors (Lipinski definition) is 2. The van der Waals surface area contributed by atoms with Crippen LogP contribution in [-0.4, -0.2) is 74.4 Å². The van der Waals surface area contributed by atoms with E-state index in [2.05, 4.69) is 29.8 Å². The van der Waals surface area contributed by atoms with Gasteiger partial charge in [-0.3, -0.25) is 19.8 Å². The second kappa shape index (κ2) is 8.46. The molecule has 4 rings (SSSR count). The Morgan fingerprint density at radius 2 is 1.70 bits per heavy atom. The van der Waals surface area contributed by atoms with Crippen molar-refractivity contribution >= 4 is 27.8 Å². The van der Waals surface area contributed by atoms with E-state index in [-0.39, 0.29) is 22.6 Å². The first-order chi connectivity index (χ1) is 14.4. The third-order valence-electron chi connectivity index (χ3n) is 5.17. The van der Waals surface area contributed by atoms with E-state index < -0.39 is 21.8 Å². The largest absolute Gasteiger partial charge is 0.338 e. The highest BCUT2D eigenvalue weighted by atomic mass is 32.2. The van der Waals surface area contributed by atoms with Crippen LogP contribution in [0, 0.1) is 0 Å². The Morgan fingerprint density at radius 3 is 2.43 bits per heavy atom. The maximum atomic E-state index is 12.5. The molecule has 3 heterocycles. The molecule has 0 spiro atoms. The quantitative estimate of drug-likeness (QED) is 0.459. The fraction of sp³-hybridized carbons (Fsp3) is 0.368. The van der Waals surface area contributed by atoms with Crippen LogP contribution in [0.3, 0.4) is 0 Å². The maximum absolute atomic E-state index is 12.5. The normalized spacial score (nSPS) is 17.1. The molecule has 0 aliphatic carbocycles. The summed E-state index contributed by atoms with van der Waals surface area (Å²) in [5, 5.41) is 2.15. The first kappa shape index (κ1) is 20.4. The molecule has 10 nitrogen and oxygen atoms in total. The maximum Gasteiger partial charge on any atom is 0.258 e. The number of benzene rings is 1. The van der Waals surface area contributed by atoms with Gasteiger partial charge in [0.05, 0.1) is 16.0 Å². The van der Waals surface area contributed by atoms with E-state index in [1.807, 2.05) is 0 Å². The highest BCUT2D eigenvalue weighted by Crippen LogP contribution is 2.20. The molecule has 0 bridgehead atoms. The number of anilines is 1. The van der Waals surface area contributed by atoms with Gasteiger partial charge in [-0.15, -0.1) is 0 Å².